The number of carbonyl (C=O) groups is 1. The van der Waals surface area contributed by atoms with Gasteiger partial charge in [0.05, 0.1) is 36.3 Å². The van der Waals surface area contributed by atoms with Crippen LogP contribution in [0, 0.1) is 23.0 Å². The van der Waals surface area contributed by atoms with E-state index in [0.29, 0.717) is 24.7 Å². The molecule has 5 rings (SSSR count). The first-order valence-electron chi connectivity index (χ1n) is 13.0. The fourth-order valence-corrected chi connectivity index (χ4v) is 4.81. The Bertz CT molecular complexity index is 1710. The van der Waals surface area contributed by atoms with Crippen LogP contribution < -0.4 is 15.5 Å². The fraction of sp³-hybridized carbons (Fsp3) is 0.276. The van der Waals surface area contributed by atoms with Gasteiger partial charge in [0.2, 0.25) is 0 Å². The first-order valence-corrected chi connectivity index (χ1v) is 13.0. The van der Waals surface area contributed by atoms with Crippen LogP contribution in [0.1, 0.15) is 48.1 Å². The second-order valence-corrected chi connectivity index (χ2v) is 9.72. The van der Waals surface area contributed by atoms with Crippen molar-refractivity contribution in [1.82, 2.24) is 19.3 Å². The van der Waals surface area contributed by atoms with Crippen LogP contribution in [0.15, 0.2) is 59.7 Å². The molecule has 210 valence electrons. The second kappa shape index (κ2) is 11.3. The molecule has 0 N–H and O–H groups in total. The maximum absolute atomic E-state index is 15.7. The highest BCUT2D eigenvalue weighted by Crippen LogP contribution is 2.36. The van der Waals surface area contributed by atoms with E-state index in [0.717, 1.165) is 27.4 Å². The second-order valence-electron chi connectivity index (χ2n) is 9.72. The summed E-state index contributed by atoms with van der Waals surface area (Å²) in [5, 5.41) is 13.9. The van der Waals surface area contributed by atoms with Crippen molar-refractivity contribution in [2.24, 2.45) is 0 Å². The molecule has 0 unspecified atom stereocenters. The molecule has 1 aliphatic rings. The van der Waals surface area contributed by atoms with Crippen LogP contribution >= 0.6 is 0 Å². The van der Waals surface area contributed by atoms with E-state index in [-0.39, 0.29) is 41.8 Å². The van der Waals surface area contributed by atoms with Crippen LogP contribution in [0.25, 0.3) is 5.69 Å². The molecule has 1 aliphatic heterocycles. The van der Waals surface area contributed by atoms with Gasteiger partial charge in [-0.25, -0.2) is 13.6 Å². The number of nitriles is 1. The number of ether oxygens (including phenoxy) is 1. The van der Waals surface area contributed by atoms with E-state index < -0.39 is 23.2 Å². The normalized spacial score (nSPS) is 13.0. The Labute approximate surface area is 234 Å². The van der Waals surface area contributed by atoms with E-state index >= 15 is 4.39 Å². The minimum absolute atomic E-state index is 0.0296. The van der Waals surface area contributed by atoms with E-state index in [4.69, 9.17) is 4.74 Å². The predicted octanol–water partition coefficient (Wildman–Crippen LogP) is 4.15. The SMILES string of the molecule is CCn1c(COCc2ccccc2)nn(-c2cc3c(cc2F)C(=O)N(c2c(F)cncc2C#N)CN3C(C)C)c1=O. The number of nitrogens with zero attached hydrogens (tertiary/aromatic N) is 7. The molecule has 2 aromatic heterocycles. The van der Waals surface area contributed by atoms with Crippen molar-refractivity contribution >= 4 is 17.3 Å². The molecular formula is C29H27F2N7O3. The summed E-state index contributed by atoms with van der Waals surface area (Å²) in [6.07, 6.45) is 2.09. The van der Waals surface area contributed by atoms with E-state index in [1.807, 2.05) is 50.2 Å². The van der Waals surface area contributed by atoms with Crippen molar-refractivity contribution < 1.29 is 18.3 Å². The Balaban J connectivity index is 1.54. The number of hydrogen-bond donors (Lipinski definition) is 0. The molecule has 0 fully saturated rings. The van der Waals surface area contributed by atoms with Crippen molar-refractivity contribution in [1.29, 1.82) is 5.26 Å². The number of carbonyl (C=O) groups excluding carboxylic acids is 1. The topological polar surface area (TPSA) is 109 Å². The van der Waals surface area contributed by atoms with Gasteiger partial charge in [0, 0.05) is 18.8 Å². The summed E-state index contributed by atoms with van der Waals surface area (Å²) in [5.41, 5.74) is 0.227. The molecule has 41 heavy (non-hydrogen) atoms. The molecule has 1 amide bonds. The first kappa shape index (κ1) is 27.7. The molecule has 12 heteroatoms. The monoisotopic (exact) mass is 559 g/mol. The van der Waals surface area contributed by atoms with Crippen molar-refractivity contribution in [3.8, 4) is 11.8 Å². The van der Waals surface area contributed by atoms with Gasteiger partial charge in [-0.2, -0.15) is 9.94 Å². The molecule has 0 radical (unpaired) electrons. The maximum Gasteiger partial charge on any atom is 0.350 e. The molecule has 3 heterocycles. The zero-order valence-corrected chi connectivity index (χ0v) is 22.7. The Morgan fingerprint density at radius 1 is 1.05 bits per heavy atom. The van der Waals surface area contributed by atoms with Gasteiger partial charge in [-0.3, -0.25) is 19.2 Å². The number of aromatic nitrogens is 4. The molecule has 0 spiro atoms. The average Bonchev–Trinajstić information content (AvgIpc) is 3.28. The van der Waals surface area contributed by atoms with E-state index in [1.54, 1.807) is 11.8 Å². The number of benzene rings is 2. The van der Waals surface area contributed by atoms with Crippen molar-refractivity contribution in [2.75, 3.05) is 16.5 Å². The number of rotatable bonds is 8. The smallest absolute Gasteiger partial charge is 0.350 e. The van der Waals surface area contributed by atoms with Crippen LogP contribution in [-0.2, 0) is 24.5 Å². The Morgan fingerprint density at radius 2 is 1.80 bits per heavy atom. The van der Waals surface area contributed by atoms with Crippen LogP contribution in [0.4, 0.5) is 20.2 Å². The lowest BCUT2D eigenvalue weighted by molar-refractivity contribution is 0.0980. The van der Waals surface area contributed by atoms with Gasteiger partial charge in [-0.15, -0.1) is 5.10 Å². The largest absolute Gasteiger partial charge is 0.369 e. The van der Waals surface area contributed by atoms with Crippen LogP contribution in [0.5, 0.6) is 0 Å². The van der Waals surface area contributed by atoms with E-state index in [2.05, 4.69) is 10.1 Å². The Morgan fingerprint density at radius 3 is 2.49 bits per heavy atom. The summed E-state index contributed by atoms with van der Waals surface area (Å²) in [5.74, 6) is -2.07. The summed E-state index contributed by atoms with van der Waals surface area (Å²) < 4.78 is 38.6. The zero-order chi connectivity index (χ0) is 29.3. The standard InChI is InChI=1S/C29H27F2N7O3/c1-4-35-26(16-41-15-19-8-6-5-7-9-19)34-38(29(35)40)25-11-24-21(10-22(25)30)28(39)37(17-36(24)18(2)3)27-20(12-32)13-33-14-23(27)31/h5-11,13-14,18H,4,15-17H2,1-3H3. The molecule has 2 aromatic carbocycles. The van der Waals surface area contributed by atoms with Crippen molar-refractivity contribution in [2.45, 2.75) is 46.6 Å². The van der Waals surface area contributed by atoms with Crippen molar-refractivity contribution in [3.05, 3.63) is 99.5 Å². The van der Waals surface area contributed by atoms with E-state index in [1.165, 1.54) is 16.8 Å². The summed E-state index contributed by atoms with van der Waals surface area (Å²) in [4.78, 5) is 33.4. The number of pyridine rings is 1. The lowest BCUT2D eigenvalue weighted by atomic mass is 10.0. The van der Waals surface area contributed by atoms with Gasteiger partial charge >= 0.3 is 5.69 Å². The van der Waals surface area contributed by atoms with Gasteiger partial charge in [0.25, 0.3) is 5.91 Å². The number of hydrogen-bond acceptors (Lipinski definition) is 7. The summed E-state index contributed by atoms with van der Waals surface area (Å²) in [6, 6.07) is 13.6. The number of fused-ring (bicyclic) bond motifs is 1. The predicted molar refractivity (Wildman–Crippen MR) is 147 cm³/mol. The first-order chi connectivity index (χ1) is 19.7. The van der Waals surface area contributed by atoms with Gasteiger partial charge in [-0.1, -0.05) is 30.3 Å². The fourth-order valence-electron chi connectivity index (χ4n) is 4.81. The number of halogens is 2. The summed E-state index contributed by atoms with van der Waals surface area (Å²) >= 11 is 0. The number of anilines is 2. The molecule has 4 aromatic rings. The van der Waals surface area contributed by atoms with Gasteiger partial charge < -0.3 is 9.64 Å². The molecule has 0 bridgehead atoms. The molecule has 0 aliphatic carbocycles. The molecule has 0 saturated heterocycles. The highest BCUT2D eigenvalue weighted by Gasteiger charge is 2.36. The lowest BCUT2D eigenvalue weighted by Crippen LogP contribution is -2.50. The van der Waals surface area contributed by atoms with Gasteiger partial charge in [0.1, 0.15) is 29.9 Å². The molecule has 0 saturated carbocycles. The minimum atomic E-state index is -0.863. The lowest BCUT2D eigenvalue weighted by Gasteiger charge is -2.40. The highest BCUT2D eigenvalue weighted by molar-refractivity contribution is 6.12. The summed E-state index contributed by atoms with van der Waals surface area (Å²) in [6.45, 7) is 6.01. The van der Waals surface area contributed by atoms with Gasteiger partial charge in [-0.05, 0) is 38.5 Å². The highest BCUT2D eigenvalue weighted by atomic mass is 19.1. The molecule has 0 atom stereocenters. The number of amides is 1. The minimum Gasteiger partial charge on any atom is -0.369 e. The summed E-state index contributed by atoms with van der Waals surface area (Å²) in [7, 11) is 0. The van der Waals surface area contributed by atoms with Crippen LogP contribution in [0.3, 0.4) is 0 Å². The third-order valence-corrected chi connectivity index (χ3v) is 6.86. The molecule has 10 nitrogen and oxygen atoms in total. The maximum atomic E-state index is 15.7. The van der Waals surface area contributed by atoms with Crippen LogP contribution in [-0.4, -0.2) is 37.9 Å². The quantitative estimate of drug-likeness (QED) is 0.319. The Hall–Kier alpha value is -4.89. The third-order valence-electron chi connectivity index (χ3n) is 6.86. The zero-order valence-electron chi connectivity index (χ0n) is 22.7. The molecular weight excluding hydrogens is 532 g/mol. The average molecular weight is 560 g/mol. The van der Waals surface area contributed by atoms with Gasteiger partial charge in [0.15, 0.2) is 11.6 Å². The van der Waals surface area contributed by atoms with E-state index in [9.17, 15) is 19.2 Å². The van der Waals surface area contributed by atoms with Crippen molar-refractivity contribution in [3.63, 3.8) is 0 Å². The Kier molecular flexibility index (Phi) is 7.63. The third kappa shape index (κ3) is 5.07. The van der Waals surface area contributed by atoms with Crippen LogP contribution in [0.2, 0.25) is 0 Å².